The first-order chi connectivity index (χ1) is 15.2. The number of aliphatic hydroxyl groups excluding tert-OH is 2. The highest BCUT2D eigenvalue weighted by molar-refractivity contribution is 5.68. The molecule has 1 aliphatic heterocycles. The number of aliphatic hydroxyl groups is 2. The van der Waals surface area contributed by atoms with E-state index in [9.17, 15) is 15.0 Å². The smallest absolute Gasteiger partial charge is 0.410 e. The third-order valence-electron chi connectivity index (χ3n) is 6.78. The minimum Gasteiger partial charge on any atom is -0.444 e. The second kappa shape index (κ2) is 8.87. The number of carbonyl (C=O) groups excluding carboxylic acids is 1. The predicted molar refractivity (Wildman–Crippen MR) is 121 cm³/mol. The Hall–Kier alpha value is -2.38. The zero-order chi connectivity index (χ0) is 22.9. The van der Waals surface area contributed by atoms with E-state index in [1.165, 1.54) is 11.3 Å². The summed E-state index contributed by atoms with van der Waals surface area (Å²) in [7, 11) is 0. The number of rotatable bonds is 5. The van der Waals surface area contributed by atoms with Gasteiger partial charge in [-0.1, -0.05) is 30.3 Å². The van der Waals surface area contributed by atoms with Gasteiger partial charge in [0.25, 0.3) is 0 Å². The van der Waals surface area contributed by atoms with Gasteiger partial charge in [0.05, 0.1) is 18.8 Å². The number of fused-ring (bicyclic) bond motifs is 1. The number of nitrogens with zero attached hydrogens (tertiary/aromatic N) is 3. The summed E-state index contributed by atoms with van der Waals surface area (Å²) in [5, 5.41) is 26.7. The lowest BCUT2D eigenvalue weighted by atomic mass is 9.73. The summed E-state index contributed by atoms with van der Waals surface area (Å²) in [6, 6.07) is 10.2. The van der Waals surface area contributed by atoms with Gasteiger partial charge in [0, 0.05) is 24.2 Å². The van der Waals surface area contributed by atoms with Crippen molar-refractivity contribution in [2.75, 3.05) is 19.7 Å². The molecule has 1 aromatic heterocycles. The molecule has 32 heavy (non-hydrogen) atoms. The van der Waals surface area contributed by atoms with Gasteiger partial charge in [-0.2, -0.15) is 5.10 Å². The van der Waals surface area contributed by atoms with Crippen LogP contribution in [0.25, 0.3) is 0 Å². The van der Waals surface area contributed by atoms with Crippen molar-refractivity contribution in [3.05, 3.63) is 52.8 Å². The average Bonchev–Trinajstić information content (AvgIpc) is 3.37. The Morgan fingerprint density at radius 2 is 1.88 bits per heavy atom. The Morgan fingerprint density at radius 3 is 2.50 bits per heavy atom. The first-order valence-corrected chi connectivity index (χ1v) is 11.6. The van der Waals surface area contributed by atoms with E-state index < -0.39 is 17.1 Å². The minimum absolute atomic E-state index is 0.142. The lowest BCUT2D eigenvalue weighted by Gasteiger charge is -2.43. The van der Waals surface area contributed by atoms with Crippen molar-refractivity contribution in [2.24, 2.45) is 5.41 Å². The van der Waals surface area contributed by atoms with Crippen molar-refractivity contribution in [3.63, 3.8) is 0 Å². The van der Waals surface area contributed by atoms with Crippen molar-refractivity contribution >= 4 is 6.09 Å². The molecule has 1 atom stereocenters. The Bertz CT molecular complexity index is 940. The first-order valence-electron chi connectivity index (χ1n) is 11.6. The van der Waals surface area contributed by atoms with Gasteiger partial charge < -0.3 is 19.8 Å². The summed E-state index contributed by atoms with van der Waals surface area (Å²) < 4.78 is 7.52. The Labute approximate surface area is 190 Å². The van der Waals surface area contributed by atoms with Crippen LogP contribution in [0.15, 0.2) is 30.3 Å². The monoisotopic (exact) mass is 441 g/mol. The predicted octanol–water partition coefficient (Wildman–Crippen LogP) is 3.46. The molecule has 1 saturated heterocycles. The topological polar surface area (TPSA) is 87.8 Å². The van der Waals surface area contributed by atoms with Crippen LogP contribution in [0.3, 0.4) is 0 Å². The second-order valence-corrected chi connectivity index (χ2v) is 10.2. The molecule has 4 rings (SSSR count). The lowest BCUT2D eigenvalue weighted by molar-refractivity contribution is -0.0653. The summed E-state index contributed by atoms with van der Waals surface area (Å²) in [4.78, 5) is 14.1. The largest absolute Gasteiger partial charge is 0.444 e. The van der Waals surface area contributed by atoms with E-state index in [2.05, 4.69) is 12.1 Å². The number of hydrogen-bond donors (Lipinski definition) is 2. The van der Waals surface area contributed by atoms with Crippen molar-refractivity contribution in [2.45, 2.75) is 71.1 Å². The molecule has 0 bridgehead atoms. The molecule has 1 fully saturated rings. The number of hydrogen-bond acceptors (Lipinski definition) is 5. The zero-order valence-corrected chi connectivity index (χ0v) is 19.4. The van der Waals surface area contributed by atoms with E-state index in [1.807, 2.05) is 43.7 Å². The fraction of sp³-hybridized carbons (Fsp3) is 0.600. The van der Waals surface area contributed by atoms with Crippen molar-refractivity contribution in [1.82, 2.24) is 14.7 Å². The molecule has 1 unspecified atom stereocenters. The van der Waals surface area contributed by atoms with E-state index in [-0.39, 0.29) is 12.7 Å². The number of amides is 1. The van der Waals surface area contributed by atoms with Crippen molar-refractivity contribution in [1.29, 1.82) is 0 Å². The second-order valence-electron chi connectivity index (χ2n) is 10.2. The van der Waals surface area contributed by atoms with Gasteiger partial charge in [-0.25, -0.2) is 4.79 Å². The van der Waals surface area contributed by atoms with Gasteiger partial charge >= 0.3 is 6.09 Å². The molecule has 1 amide bonds. The number of likely N-dealkylation sites (tertiary alicyclic amines) is 1. The summed E-state index contributed by atoms with van der Waals surface area (Å²) in [6.45, 7) is 6.97. The van der Waals surface area contributed by atoms with E-state index in [0.717, 1.165) is 24.8 Å². The van der Waals surface area contributed by atoms with Gasteiger partial charge in [-0.15, -0.1) is 0 Å². The van der Waals surface area contributed by atoms with Crippen LogP contribution < -0.4 is 0 Å². The SMILES string of the molecule is CC(C)(C)OC(=O)N1CCC(CO)(C(O)c2nn(Cc3ccccc3)c3c2CCC3)CC1. The highest BCUT2D eigenvalue weighted by Gasteiger charge is 2.45. The van der Waals surface area contributed by atoms with Crippen LogP contribution in [0.1, 0.15) is 68.7 Å². The van der Waals surface area contributed by atoms with Crippen LogP contribution in [0.2, 0.25) is 0 Å². The van der Waals surface area contributed by atoms with Crippen LogP contribution in [-0.2, 0) is 24.1 Å². The molecule has 0 spiro atoms. The normalized spacial score (nSPS) is 19.0. The van der Waals surface area contributed by atoms with Gasteiger partial charge in [-0.3, -0.25) is 4.68 Å². The van der Waals surface area contributed by atoms with Gasteiger partial charge in [0.2, 0.25) is 0 Å². The third kappa shape index (κ3) is 4.55. The molecule has 1 aromatic carbocycles. The Kier molecular flexibility index (Phi) is 6.32. The molecule has 2 aromatic rings. The number of benzene rings is 1. The van der Waals surface area contributed by atoms with Crippen molar-refractivity contribution in [3.8, 4) is 0 Å². The summed E-state index contributed by atoms with van der Waals surface area (Å²) in [5.74, 6) is 0. The fourth-order valence-electron chi connectivity index (χ4n) is 4.92. The molecule has 2 aliphatic rings. The van der Waals surface area contributed by atoms with Crippen LogP contribution in [0.4, 0.5) is 4.79 Å². The maximum atomic E-state index is 12.4. The summed E-state index contributed by atoms with van der Waals surface area (Å²) in [6.07, 6.45) is 2.72. The molecule has 2 heterocycles. The number of carbonyl (C=O) groups is 1. The van der Waals surface area contributed by atoms with Crippen molar-refractivity contribution < 1.29 is 19.7 Å². The molecule has 0 radical (unpaired) electrons. The Balaban J connectivity index is 1.53. The van der Waals surface area contributed by atoms with E-state index >= 15 is 0 Å². The lowest BCUT2D eigenvalue weighted by Crippen LogP contribution is -2.48. The maximum absolute atomic E-state index is 12.4. The van der Waals surface area contributed by atoms with E-state index in [4.69, 9.17) is 9.84 Å². The van der Waals surface area contributed by atoms with Crippen LogP contribution in [0, 0.1) is 5.41 Å². The minimum atomic E-state index is -0.864. The van der Waals surface area contributed by atoms with Gasteiger partial charge in [0.15, 0.2) is 0 Å². The number of ether oxygens (including phenoxy) is 1. The van der Waals surface area contributed by atoms with E-state index in [1.54, 1.807) is 4.90 Å². The van der Waals surface area contributed by atoms with Gasteiger partial charge in [0.1, 0.15) is 11.7 Å². The van der Waals surface area contributed by atoms with Gasteiger partial charge in [-0.05, 0) is 64.0 Å². The molecule has 7 heteroatoms. The van der Waals surface area contributed by atoms with E-state index in [0.29, 0.717) is 38.2 Å². The highest BCUT2D eigenvalue weighted by atomic mass is 16.6. The standard InChI is InChI=1S/C25H35N3O4/c1-24(2,3)32-23(31)27-14-12-25(17-29,13-15-27)22(30)21-19-10-7-11-20(19)28(26-21)16-18-8-5-4-6-9-18/h4-6,8-9,22,29-30H,7,10-17H2,1-3H3. The summed E-state index contributed by atoms with van der Waals surface area (Å²) >= 11 is 0. The number of piperidine rings is 1. The molecule has 0 saturated carbocycles. The average molecular weight is 442 g/mol. The van der Waals surface area contributed by atoms with Crippen LogP contribution in [0.5, 0.6) is 0 Å². The van der Waals surface area contributed by atoms with Crippen LogP contribution >= 0.6 is 0 Å². The molecular formula is C25H35N3O4. The molecule has 7 nitrogen and oxygen atoms in total. The highest BCUT2D eigenvalue weighted by Crippen LogP contribution is 2.45. The quantitative estimate of drug-likeness (QED) is 0.742. The first kappa shape index (κ1) is 22.8. The molecular weight excluding hydrogens is 406 g/mol. The molecule has 2 N–H and O–H groups in total. The van der Waals surface area contributed by atoms with Crippen LogP contribution in [-0.4, -0.2) is 56.3 Å². The maximum Gasteiger partial charge on any atom is 0.410 e. The summed E-state index contributed by atoms with van der Waals surface area (Å²) in [5.41, 5.74) is 2.95. The fourth-order valence-corrected chi connectivity index (χ4v) is 4.92. The molecule has 174 valence electrons. The number of aromatic nitrogens is 2. The zero-order valence-electron chi connectivity index (χ0n) is 19.4. The Morgan fingerprint density at radius 1 is 1.19 bits per heavy atom. The molecule has 1 aliphatic carbocycles. The third-order valence-corrected chi connectivity index (χ3v) is 6.78.